The van der Waals surface area contributed by atoms with E-state index in [4.69, 9.17) is 9.84 Å². The lowest BCUT2D eigenvalue weighted by atomic mass is 10.2. The Balaban J connectivity index is 1.88. The van der Waals surface area contributed by atoms with Crippen molar-refractivity contribution in [2.45, 2.75) is 4.90 Å². The third-order valence-electron chi connectivity index (χ3n) is 2.72. The van der Waals surface area contributed by atoms with Crippen molar-refractivity contribution in [1.82, 2.24) is 0 Å². The third-order valence-corrected chi connectivity index (χ3v) is 5.06. The number of carboxylic acid groups (broad SMARTS) is 1. The highest BCUT2D eigenvalue weighted by Crippen LogP contribution is 2.20. The lowest BCUT2D eigenvalue weighted by Gasteiger charge is -2.07. The number of hydrogen-bond donors (Lipinski definition) is 1. The number of benzene rings is 2. The van der Waals surface area contributed by atoms with Gasteiger partial charge in [-0.1, -0.05) is 12.1 Å². The second-order valence-electron chi connectivity index (χ2n) is 4.16. The zero-order valence-corrected chi connectivity index (χ0v) is 13.4. The normalized spacial score (nSPS) is 11.9. The highest BCUT2D eigenvalue weighted by atomic mass is 79.9. The van der Waals surface area contributed by atoms with Gasteiger partial charge in [0.2, 0.25) is 0 Å². The molecule has 0 aliphatic carbocycles. The molecule has 0 heterocycles. The van der Waals surface area contributed by atoms with Crippen LogP contribution in [0.2, 0.25) is 0 Å². The van der Waals surface area contributed by atoms with E-state index in [2.05, 4.69) is 15.9 Å². The minimum absolute atomic E-state index is 0.208. The first kappa shape index (κ1) is 15.7. The minimum atomic E-state index is -1.15. The molecule has 0 saturated carbocycles. The van der Waals surface area contributed by atoms with Gasteiger partial charge in [-0.15, -0.1) is 0 Å². The van der Waals surface area contributed by atoms with Crippen molar-refractivity contribution in [3.8, 4) is 5.75 Å². The van der Waals surface area contributed by atoms with E-state index in [0.29, 0.717) is 18.1 Å². The Kier molecular flexibility index (Phi) is 5.52. The molecule has 2 aromatic rings. The number of hydrogen-bond acceptors (Lipinski definition) is 3. The van der Waals surface area contributed by atoms with Crippen molar-refractivity contribution < 1.29 is 18.8 Å². The van der Waals surface area contributed by atoms with Crippen molar-refractivity contribution in [3.05, 3.63) is 58.6 Å². The Labute approximate surface area is 133 Å². The molecule has 0 saturated heterocycles. The minimum Gasteiger partial charge on any atom is -0.493 e. The number of aromatic carboxylic acids is 1. The van der Waals surface area contributed by atoms with Gasteiger partial charge in [0.25, 0.3) is 0 Å². The van der Waals surface area contributed by atoms with Gasteiger partial charge in [-0.05, 0) is 52.3 Å². The zero-order valence-electron chi connectivity index (χ0n) is 11.0. The number of rotatable bonds is 6. The van der Waals surface area contributed by atoms with Crippen molar-refractivity contribution in [3.63, 3.8) is 0 Å². The summed E-state index contributed by atoms with van der Waals surface area (Å²) in [5.41, 5.74) is 0.208. The first-order valence-corrected chi connectivity index (χ1v) is 8.28. The van der Waals surface area contributed by atoms with Gasteiger partial charge >= 0.3 is 5.97 Å². The van der Waals surface area contributed by atoms with E-state index >= 15 is 0 Å². The highest BCUT2D eigenvalue weighted by molar-refractivity contribution is 9.10. The maximum Gasteiger partial charge on any atom is 0.335 e. The van der Waals surface area contributed by atoms with Crippen LogP contribution in [0.4, 0.5) is 0 Å². The SMILES string of the molecule is O=C(O)c1ccc(OCCS(=O)c2ccccc2Br)cc1. The number of halogens is 1. The summed E-state index contributed by atoms with van der Waals surface area (Å²) in [5.74, 6) is -0.0516. The van der Waals surface area contributed by atoms with E-state index in [1.54, 1.807) is 12.1 Å². The molecule has 1 N–H and O–H groups in total. The number of ether oxygens (including phenoxy) is 1. The summed E-state index contributed by atoms with van der Waals surface area (Å²) in [6.45, 7) is 0.292. The fraction of sp³-hybridized carbons (Fsp3) is 0.133. The van der Waals surface area contributed by atoms with Crippen LogP contribution in [-0.2, 0) is 10.8 Å². The molecule has 0 spiro atoms. The second-order valence-corrected chi connectivity index (χ2v) is 6.55. The molecule has 4 nitrogen and oxygen atoms in total. The summed E-state index contributed by atoms with van der Waals surface area (Å²) in [5, 5.41) is 8.79. The third kappa shape index (κ3) is 4.41. The summed E-state index contributed by atoms with van der Waals surface area (Å²) in [7, 11) is -1.15. The van der Waals surface area contributed by atoms with Gasteiger partial charge in [-0.3, -0.25) is 4.21 Å². The van der Waals surface area contributed by atoms with E-state index < -0.39 is 16.8 Å². The van der Waals surface area contributed by atoms with E-state index in [-0.39, 0.29) is 5.56 Å². The molecular formula is C15H13BrO4S. The quantitative estimate of drug-likeness (QED) is 0.849. The Morgan fingerprint density at radius 1 is 1.14 bits per heavy atom. The summed E-state index contributed by atoms with van der Waals surface area (Å²) >= 11 is 3.37. The molecule has 2 rings (SSSR count). The molecule has 0 aliphatic rings. The summed E-state index contributed by atoms with van der Waals surface area (Å²) in [6, 6.07) is 13.5. The van der Waals surface area contributed by atoms with Crippen molar-refractivity contribution in [2.75, 3.05) is 12.4 Å². The smallest absolute Gasteiger partial charge is 0.335 e. The van der Waals surface area contributed by atoms with E-state index in [1.807, 2.05) is 24.3 Å². The molecular weight excluding hydrogens is 356 g/mol. The highest BCUT2D eigenvalue weighted by Gasteiger charge is 2.08. The molecule has 110 valence electrons. The number of carbonyl (C=O) groups is 1. The first-order valence-electron chi connectivity index (χ1n) is 6.17. The van der Waals surface area contributed by atoms with Crippen molar-refractivity contribution >= 4 is 32.7 Å². The molecule has 0 amide bonds. The summed E-state index contributed by atoms with van der Waals surface area (Å²) in [4.78, 5) is 11.5. The lowest BCUT2D eigenvalue weighted by Crippen LogP contribution is -2.09. The van der Waals surface area contributed by atoms with Crippen LogP contribution in [0.25, 0.3) is 0 Å². The van der Waals surface area contributed by atoms with Gasteiger partial charge in [-0.2, -0.15) is 0 Å². The van der Waals surface area contributed by atoms with Crippen LogP contribution in [0.15, 0.2) is 57.9 Å². The molecule has 0 fully saturated rings. The van der Waals surface area contributed by atoms with Crippen LogP contribution in [0.5, 0.6) is 5.75 Å². The summed E-state index contributed by atoms with van der Waals surface area (Å²) in [6.07, 6.45) is 0. The van der Waals surface area contributed by atoms with Crippen LogP contribution in [0.3, 0.4) is 0 Å². The van der Waals surface area contributed by atoms with Crippen LogP contribution in [0.1, 0.15) is 10.4 Å². The van der Waals surface area contributed by atoms with Gasteiger partial charge in [0.05, 0.1) is 27.0 Å². The molecule has 21 heavy (non-hydrogen) atoms. The largest absolute Gasteiger partial charge is 0.493 e. The van der Waals surface area contributed by atoms with Crippen LogP contribution in [0, 0.1) is 0 Å². The zero-order chi connectivity index (χ0) is 15.2. The van der Waals surface area contributed by atoms with Gasteiger partial charge in [0.1, 0.15) is 12.4 Å². The molecule has 0 bridgehead atoms. The average molecular weight is 369 g/mol. The fourth-order valence-corrected chi connectivity index (χ4v) is 3.47. The van der Waals surface area contributed by atoms with Gasteiger partial charge in [0.15, 0.2) is 0 Å². The topological polar surface area (TPSA) is 63.6 Å². The van der Waals surface area contributed by atoms with Crippen molar-refractivity contribution in [2.24, 2.45) is 0 Å². The monoisotopic (exact) mass is 368 g/mol. The van der Waals surface area contributed by atoms with Gasteiger partial charge in [-0.25, -0.2) is 4.79 Å². The first-order chi connectivity index (χ1) is 10.1. The van der Waals surface area contributed by atoms with E-state index in [1.165, 1.54) is 12.1 Å². The maximum absolute atomic E-state index is 12.1. The second kappa shape index (κ2) is 7.38. The van der Waals surface area contributed by atoms with Crippen molar-refractivity contribution in [1.29, 1.82) is 0 Å². The van der Waals surface area contributed by atoms with Gasteiger partial charge < -0.3 is 9.84 Å². The van der Waals surface area contributed by atoms with Crippen LogP contribution in [-0.4, -0.2) is 27.6 Å². The van der Waals surface area contributed by atoms with Crippen LogP contribution < -0.4 is 4.74 Å². The fourth-order valence-electron chi connectivity index (χ4n) is 1.67. The lowest BCUT2D eigenvalue weighted by molar-refractivity contribution is 0.0697. The molecule has 0 aromatic heterocycles. The number of carboxylic acids is 1. The molecule has 2 aromatic carbocycles. The van der Waals surface area contributed by atoms with E-state index in [9.17, 15) is 9.00 Å². The van der Waals surface area contributed by atoms with Gasteiger partial charge in [0, 0.05) is 4.47 Å². The molecule has 0 aliphatic heterocycles. The predicted octanol–water partition coefficient (Wildman–Crippen LogP) is 3.33. The standard InChI is InChI=1S/C15H13BrO4S/c16-13-3-1-2-4-14(13)21(19)10-9-20-12-7-5-11(6-8-12)15(17)18/h1-8H,9-10H2,(H,17,18). The average Bonchev–Trinajstić information content (AvgIpc) is 2.48. The molecule has 6 heteroatoms. The van der Waals surface area contributed by atoms with E-state index in [0.717, 1.165) is 9.37 Å². The molecule has 1 atom stereocenters. The summed E-state index contributed by atoms with van der Waals surface area (Å²) < 4.78 is 18.4. The Morgan fingerprint density at radius 3 is 2.43 bits per heavy atom. The maximum atomic E-state index is 12.1. The Morgan fingerprint density at radius 2 is 1.81 bits per heavy atom. The predicted molar refractivity (Wildman–Crippen MR) is 84.3 cm³/mol. The Bertz CT molecular complexity index is 655. The Hall–Kier alpha value is -1.66. The molecule has 0 radical (unpaired) electrons. The molecule has 1 unspecified atom stereocenters. The van der Waals surface area contributed by atoms with Crippen LogP contribution >= 0.6 is 15.9 Å².